The molecule has 1 saturated heterocycles. The van der Waals surface area contributed by atoms with Crippen molar-refractivity contribution < 1.29 is 14.3 Å². The summed E-state index contributed by atoms with van der Waals surface area (Å²) >= 11 is 0. The van der Waals surface area contributed by atoms with Crippen molar-refractivity contribution in [2.45, 2.75) is 38.8 Å². The Kier molecular flexibility index (Phi) is 4.80. The third kappa shape index (κ3) is 3.96. The number of esters is 1. The molecule has 1 fully saturated rings. The van der Waals surface area contributed by atoms with E-state index in [1.54, 1.807) is 19.1 Å². The SMILES string of the molecule is CCOC(=O)c1ccc(NC2CCOC(C)C2)cc1. The van der Waals surface area contributed by atoms with Gasteiger partial charge in [-0.1, -0.05) is 0 Å². The minimum Gasteiger partial charge on any atom is -0.462 e. The lowest BCUT2D eigenvalue weighted by Gasteiger charge is -2.28. The maximum Gasteiger partial charge on any atom is 0.338 e. The lowest BCUT2D eigenvalue weighted by Crippen LogP contribution is -2.32. The molecule has 0 aliphatic carbocycles. The second kappa shape index (κ2) is 6.57. The number of nitrogens with one attached hydrogen (secondary N) is 1. The number of ether oxygens (including phenoxy) is 2. The number of benzene rings is 1. The Morgan fingerprint density at radius 2 is 2.16 bits per heavy atom. The molecular formula is C15H21NO3. The molecule has 4 heteroatoms. The van der Waals surface area contributed by atoms with E-state index in [1.165, 1.54) is 0 Å². The molecule has 2 atom stereocenters. The van der Waals surface area contributed by atoms with E-state index in [-0.39, 0.29) is 5.97 Å². The van der Waals surface area contributed by atoms with Crippen LogP contribution in [0.4, 0.5) is 5.69 Å². The molecule has 0 aromatic heterocycles. The molecule has 4 nitrogen and oxygen atoms in total. The van der Waals surface area contributed by atoms with E-state index in [4.69, 9.17) is 9.47 Å². The van der Waals surface area contributed by atoms with Crippen molar-refractivity contribution in [1.82, 2.24) is 0 Å². The van der Waals surface area contributed by atoms with E-state index in [1.807, 2.05) is 12.1 Å². The van der Waals surface area contributed by atoms with Crippen LogP contribution in [0.15, 0.2) is 24.3 Å². The Bertz CT molecular complexity index is 416. The van der Waals surface area contributed by atoms with Gasteiger partial charge in [0.05, 0.1) is 18.3 Å². The predicted molar refractivity (Wildman–Crippen MR) is 74.5 cm³/mol. The molecule has 0 radical (unpaired) electrons. The van der Waals surface area contributed by atoms with Crippen LogP contribution in [-0.2, 0) is 9.47 Å². The first kappa shape index (κ1) is 13.9. The van der Waals surface area contributed by atoms with Gasteiger partial charge in [-0.2, -0.15) is 0 Å². The van der Waals surface area contributed by atoms with Crippen molar-refractivity contribution in [2.75, 3.05) is 18.5 Å². The van der Waals surface area contributed by atoms with Gasteiger partial charge in [-0.3, -0.25) is 0 Å². The minimum atomic E-state index is -0.270. The summed E-state index contributed by atoms with van der Waals surface area (Å²) in [4.78, 5) is 11.5. The van der Waals surface area contributed by atoms with Crippen molar-refractivity contribution in [1.29, 1.82) is 0 Å². The van der Waals surface area contributed by atoms with Crippen molar-refractivity contribution in [2.24, 2.45) is 0 Å². The summed E-state index contributed by atoms with van der Waals surface area (Å²) in [5.74, 6) is -0.270. The summed E-state index contributed by atoms with van der Waals surface area (Å²) in [6, 6.07) is 7.88. The molecule has 1 aliphatic heterocycles. The van der Waals surface area contributed by atoms with Crippen LogP contribution in [0.25, 0.3) is 0 Å². The first-order chi connectivity index (χ1) is 9.19. The predicted octanol–water partition coefficient (Wildman–Crippen LogP) is 2.84. The zero-order valence-corrected chi connectivity index (χ0v) is 11.5. The largest absolute Gasteiger partial charge is 0.462 e. The van der Waals surface area contributed by atoms with Crippen LogP contribution >= 0.6 is 0 Å². The summed E-state index contributed by atoms with van der Waals surface area (Å²) in [6.45, 7) is 5.11. The van der Waals surface area contributed by atoms with Gasteiger partial charge in [0, 0.05) is 18.3 Å². The zero-order chi connectivity index (χ0) is 13.7. The highest BCUT2D eigenvalue weighted by Crippen LogP contribution is 2.19. The zero-order valence-electron chi connectivity index (χ0n) is 11.5. The highest BCUT2D eigenvalue weighted by atomic mass is 16.5. The molecule has 1 aromatic rings. The molecular weight excluding hydrogens is 242 g/mol. The van der Waals surface area contributed by atoms with Gasteiger partial charge in [-0.25, -0.2) is 4.79 Å². The molecule has 1 heterocycles. The summed E-state index contributed by atoms with van der Waals surface area (Å²) in [5, 5.41) is 3.48. The monoisotopic (exact) mass is 263 g/mol. The average molecular weight is 263 g/mol. The smallest absolute Gasteiger partial charge is 0.338 e. The van der Waals surface area contributed by atoms with Crippen LogP contribution in [0, 0.1) is 0 Å². The maximum absolute atomic E-state index is 11.5. The number of hydrogen-bond donors (Lipinski definition) is 1. The Morgan fingerprint density at radius 1 is 1.42 bits per heavy atom. The van der Waals surface area contributed by atoms with E-state index >= 15 is 0 Å². The highest BCUT2D eigenvalue weighted by molar-refractivity contribution is 5.89. The normalized spacial score (nSPS) is 22.8. The number of hydrogen-bond acceptors (Lipinski definition) is 4. The number of carbonyl (C=O) groups is 1. The lowest BCUT2D eigenvalue weighted by molar-refractivity contribution is 0.0232. The van der Waals surface area contributed by atoms with Crippen LogP contribution in [0.1, 0.15) is 37.0 Å². The summed E-state index contributed by atoms with van der Waals surface area (Å²) in [6.07, 6.45) is 2.34. The van der Waals surface area contributed by atoms with Gasteiger partial charge in [0.15, 0.2) is 0 Å². The molecule has 0 bridgehead atoms. The van der Waals surface area contributed by atoms with E-state index < -0.39 is 0 Å². The third-order valence-electron chi connectivity index (χ3n) is 3.25. The Balaban J connectivity index is 1.93. The third-order valence-corrected chi connectivity index (χ3v) is 3.25. The second-order valence-electron chi connectivity index (χ2n) is 4.84. The topological polar surface area (TPSA) is 47.6 Å². The van der Waals surface area contributed by atoms with Crippen molar-refractivity contribution in [3.8, 4) is 0 Å². The van der Waals surface area contributed by atoms with Crippen LogP contribution in [0.2, 0.25) is 0 Å². The molecule has 1 N–H and O–H groups in total. The van der Waals surface area contributed by atoms with Crippen molar-refractivity contribution >= 4 is 11.7 Å². The van der Waals surface area contributed by atoms with E-state index in [9.17, 15) is 4.79 Å². The summed E-state index contributed by atoms with van der Waals surface area (Å²) in [7, 11) is 0. The fraction of sp³-hybridized carbons (Fsp3) is 0.533. The standard InChI is InChI=1S/C15H21NO3/c1-3-18-15(17)12-4-6-13(7-5-12)16-14-8-9-19-11(2)10-14/h4-7,11,14,16H,3,8-10H2,1-2H3. The first-order valence-corrected chi connectivity index (χ1v) is 6.84. The number of carbonyl (C=O) groups excluding carboxylic acids is 1. The fourth-order valence-corrected chi connectivity index (χ4v) is 2.28. The van der Waals surface area contributed by atoms with Crippen molar-refractivity contribution in [3.05, 3.63) is 29.8 Å². The molecule has 19 heavy (non-hydrogen) atoms. The van der Waals surface area contributed by atoms with Gasteiger partial charge in [0.25, 0.3) is 0 Å². The van der Waals surface area contributed by atoms with Gasteiger partial charge in [0.2, 0.25) is 0 Å². The van der Waals surface area contributed by atoms with Crippen LogP contribution in [-0.4, -0.2) is 31.3 Å². The van der Waals surface area contributed by atoms with Crippen LogP contribution in [0.5, 0.6) is 0 Å². The summed E-state index contributed by atoms with van der Waals surface area (Å²) in [5.41, 5.74) is 1.62. The molecule has 0 saturated carbocycles. The number of rotatable bonds is 4. The van der Waals surface area contributed by atoms with Gasteiger partial charge < -0.3 is 14.8 Å². The average Bonchev–Trinajstić information content (AvgIpc) is 2.40. The molecule has 2 rings (SSSR count). The molecule has 0 amide bonds. The lowest BCUT2D eigenvalue weighted by atomic mass is 10.0. The van der Waals surface area contributed by atoms with E-state index in [0.717, 1.165) is 25.1 Å². The maximum atomic E-state index is 11.5. The van der Waals surface area contributed by atoms with Gasteiger partial charge in [-0.05, 0) is 51.0 Å². The van der Waals surface area contributed by atoms with Gasteiger partial charge in [0.1, 0.15) is 0 Å². The Morgan fingerprint density at radius 3 is 2.79 bits per heavy atom. The summed E-state index contributed by atoms with van der Waals surface area (Å²) < 4.78 is 10.5. The molecule has 1 aromatic carbocycles. The molecule has 2 unspecified atom stereocenters. The first-order valence-electron chi connectivity index (χ1n) is 6.84. The van der Waals surface area contributed by atoms with Crippen LogP contribution < -0.4 is 5.32 Å². The molecule has 0 spiro atoms. The minimum absolute atomic E-state index is 0.270. The fourth-order valence-electron chi connectivity index (χ4n) is 2.28. The Hall–Kier alpha value is -1.55. The van der Waals surface area contributed by atoms with Gasteiger partial charge in [-0.15, -0.1) is 0 Å². The molecule has 1 aliphatic rings. The van der Waals surface area contributed by atoms with E-state index in [0.29, 0.717) is 24.3 Å². The quantitative estimate of drug-likeness (QED) is 0.849. The Labute approximate surface area is 114 Å². The van der Waals surface area contributed by atoms with Crippen LogP contribution in [0.3, 0.4) is 0 Å². The van der Waals surface area contributed by atoms with Crippen molar-refractivity contribution in [3.63, 3.8) is 0 Å². The highest BCUT2D eigenvalue weighted by Gasteiger charge is 2.19. The number of anilines is 1. The molecule has 104 valence electrons. The van der Waals surface area contributed by atoms with Gasteiger partial charge >= 0.3 is 5.97 Å². The second-order valence-corrected chi connectivity index (χ2v) is 4.84. The van der Waals surface area contributed by atoms with E-state index in [2.05, 4.69) is 12.2 Å².